The average molecular weight is 309 g/mol. The molecule has 0 unspecified atom stereocenters. The largest absolute Gasteiger partial charge is 0.556 e. The second-order valence-electron chi connectivity index (χ2n) is 6.29. The van der Waals surface area contributed by atoms with Gasteiger partial charge in [0.15, 0.2) is 6.20 Å². The number of hydrogen-bond acceptors (Lipinski definition) is 3. The van der Waals surface area contributed by atoms with Gasteiger partial charge in [0.2, 0.25) is 0 Å². The second kappa shape index (κ2) is 10.8. The van der Waals surface area contributed by atoms with Crippen LogP contribution in [0.25, 0.3) is 0 Å². The normalized spacial score (nSPS) is 11.8. The molecule has 1 aromatic heterocycles. The highest BCUT2D eigenvalue weighted by molar-refractivity contribution is 6.71. The topological polar surface area (TPSA) is 64.6 Å². The summed E-state index contributed by atoms with van der Waals surface area (Å²) >= 11 is 0. The van der Waals surface area contributed by atoms with Gasteiger partial charge in [-0.05, 0) is 12.5 Å². The molecule has 0 fully saturated rings. The molecule has 1 aromatic rings. The predicted octanol–water partition coefficient (Wildman–Crippen LogP) is 2.02. The van der Waals surface area contributed by atoms with Gasteiger partial charge >= 0.3 is 6.75 Å². The lowest BCUT2D eigenvalue weighted by atomic mass is 9.72. The zero-order chi connectivity index (χ0) is 16.3. The number of nitrogens with zero attached hydrogens (tertiary/aromatic N) is 1. The van der Waals surface area contributed by atoms with E-state index in [1.165, 1.54) is 63.9 Å². The Labute approximate surface area is 134 Å². The third-order valence-corrected chi connectivity index (χ3v) is 4.10. The summed E-state index contributed by atoms with van der Waals surface area (Å²) in [5.74, 6) is 0. The van der Waals surface area contributed by atoms with Crippen molar-refractivity contribution in [2.75, 3.05) is 0 Å². The standard InChI is InChI=1S/C17H32BNO3/c1-2-3-4-5-6-7-8-9-10-11-14-19-15-12-13-17(16-19)18(20,21)22/h12-13,15-16,20-22H,2-11,14H2,1H3. The molecule has 126 valence electrons. The van der Waals surface area contributed by atoms with E-state index >= 15 is 0 Å². The molecular weight excluding hydrogens is 277 g/mol. The maximum atomic E-state index is 9.22. The van der Waals surface area contributed by atoms with Gasteiger partial charge in [0, 0.05) is 6.42 Å². The quantitative estimate of drug-likeness (QED) is 0.314. The van der Waals surface area contributed by atoms with Crippen LogP contribution in [-0.2, 0) is 6.54 Å². The molecule has 0 aromatic carbocycles. The lowest BCUT2D eigenvalue weighted by Crippen LogP contribution is -2.52. The number of rotatable bonds is 12. The summed E-state index contributed by atoms with van der Waals surface area (Å²) in [4.78, 5) is 0. The van der Waals surface area contributed by atoms with Gasteiger partial charge < -0.3 is 15.1 Å². The first-order valence-corrected chi connectivity index (χ1v) is 8.85. The van der Waals surface area contributed by atoms with Crippen molar-refractivity contribution in [1.29, 1.82) is 0 Å². The number of pyridine rings is 1. The van der Waals surface area contributed by atoms with Crippen LogP contribution in [0.1, 0.15) is 71.1 Å². The molecule has 5 heteroatoms. The molecule has 0 radical (unpaired) electrons. The van der Waals surface area contributed by atoms with E-state index < -0.39 is 6.75 Å². The molecule has 0 spiro atoms. The molecule has 0 bridgehead atoms. The van der Waals surface area contributed by atoms with Gasteiger partial charge in [-0.2, -0.15) is 0 Å². The molecule has 0 aliphatic rings. The van der Waals surface area contributed by atoms with Crippen molar-refractivity contribution < 1.29 is 19.6 Å². The Bertz CT molecular complexity index is 407. The maximum absolute atomic E-state index is 9.22. The van der Waals surface area contributed by atoms with Crippen molar-refractivity contribution >= 4 is 12.2 Å². The van der Waals surface area contributed by atoms with Gasteiger partial charge in [0.1, 0.15) is 12.7 Å². The molecular formula is C17H32BNO3. The Morgan fingerprint density at radius 1 is 0.864 bits per heavy atom. The van der Waals surface area contributed by atoms with Crippen molar-refractivity contribution in [3.63, 3.8) is 0 Å². The van der Waals surface area contributed by atoms with E-state index in [0.717, 1.165) is 13.0 Å². The molecule has 22 heavy (non-hydrogen) atoms. The number of hydrogen-bond donors (Lipinski definition) is 3. The fraction of sp³-hybridized carbons (Fsp3) is 0.706. The summed E-state index contributed by atoms with van der Waals surface area (Å²) in [5, 5.41) is 27.7. The smallest absolute Gasteiger partial charge is 0.408 e. The van der Waals surface area contributed by atoms with Crippen LogP contribution in [0.2, 0.25) is 0 Å². The van der Waals surface area contributed by atoms with Crippen molar-refractivity contribution in [2.45, 2.75) is 77.7 Å². The molecule has 0 aliphatic carbocycles. The fourth-order valence-corrected chi connectivity index (χ4v) is 2.69. The monoisotopic (exact) mass is 309 g/mol. The van der Waals surface area contributed by atoms with E-state index in [0.29, 0.717) is 0 Å². The fourth-order valence-electron chi connectivity index (χ4n) is 2.69. The molecule has 4 nitrogen and oxygen atoms in total. The highest BCUT2D eigenvalue weighted by atomic mass is 16.5. The summed E-state index contributed by atoms with van der Waals surface area (Å²) < 4.78 is 1.90. The minimum Gasteiger partial charge on any atom is -0.556 e. The van der Waals surface area contributed by atoms with Crippen LogP contribution in [0.3, 0.4) is 0 Å². The van der Waals surface area contributed by atoms with E-state index in [2.05, 4.69) is 6.92 Å². The summed E-state index contributed by atoms with van der Waals surface area (Å²) in [6.07, 6.45) is 16.5. The number of aryl methyl sites for hydroxylation is 1. The zero-order valence-electron chi connectivity index (χ0n) is 14.0. The Morgan fingerprint density at radius 3 is 1.95 bits per heavy atom. The van der Waals surface area contributed by atoms with Gasteiger partial charge in [0.25, 0.3) is 0 Å². The van der Waals surface area contributed by atoms with Crippen molar-refractivity contribution in [3.05, 3.63) is 24.5 Å². The molecule has 1 heterocycles. The molecule has 0 aliphatic heterocycles. The van der Waals surface area contributed by atoms with Gasteiger partial charge in [0.05, 0.1) is 0 Å². The highest BCUT2D eigenvalue weighted by Crippen LogP contribution is 2.10. The number of unbranched alkanes of at least 4 members (excludes halogenated alkanes) is 9. The van der Waals surface area contributed by atoms with Gasteiger partial charge in [-0.15, -0.1) is 0 Å². The van der Waals surface area contributed by atoms with Gasteiger partial charge in [-0.25, -0.2) is 4.57 Å². The molecule has 0 saturated carbocycles. The first-order chi connectivity index (χ1) is 10.5. The minimum absolute atomic E-state index is 0.162. The van der Waals surface area contributed by atoms with Gasteiger partial charge in [-0.3, -0.25) is 0 Å². The Hall–Kier alpha value is -0.905. The summed E-state index contributed by atoms with van der Waals surface area (Å²) in [7, 11) is 0. The van der Waals surface area contributed by atoms with E-state index in [1.54, 1.807) is 12.3 Å². The van der Waals surface area contributed by atoms with Crippen molar-refractivity contribution in [2.24, 2.45) is 0 Å². The summed E-state index contributed by atoms with van der Waals surface area (Å²) in [6, 6.07) is 3.25. The Morgan fingerprint density at radius 2 is 1.41 bits per heavy atom. The number of aromatic nitrogens is 1. The van der Waals surface area contributed by atoms with Crippen molar-refractivity contribution in [3.8, 4) is 0 Å². The van der Waals surface area contributed by atoms with Crippen LogP contribution in [0.5, 0.6) is 0 Å². The highest BCUT2D eigenvalue weighted by Gasteiger charge is 2.20. The Balaban J connectivity index is 2.08. The molecule has 1 rings (SSSR count). The van der Waals surface area contributed by atoms with Crippen LogP contribution in [0.15, 0.2) is 24.5 Å². The summed E-state index contributed by atoms with van der Waals surface area (Å²) in [5.41, 5.74) is 0.162. The SMILES string of the molecule is CCCCCCCCCCCC[n+]1cccc([B-](O)(O)O)c1. The molecule has 0 saturated heterocycles. The average Bonchev–Trinajstić information content (AvgIpc) is 2.49. The van der Waals surface area contributed by atoms with E-state index in [9.17, 15) is 15.1 Å². The Kier molecular flexibility index (Phi) is 9.36. The van der Waals surface area contributed by atoms with Crippen LogP contribution in [0.4, 0.5) is 0 Å². The summed E-state index contributed by atoms with van der Waals surface area (Å²) in [6.45, 7) is -0.296. The second-order valence-corrected chi connectivity index (χ2v) is 6.29. The lowest BCUT2D eigenvalue weighted by molar-refractivity contribution is -0.696. The predicted molar refractivity (Wildman–Crippen MR) is 90.5 cm³/mol. The first-order valence-electron chi connectivity index (χ1n) is 8.85. The van der Waals surface area contributed by atoms with Crippen LogP contribution < -0.4 is 10.0 Å². The maximum Gasteiger partial charge on any atom is 0.408 e. The molecule has 0 atom stereocenters. The zero-order valence-corrected chi connectivity index (χ0v) is 14.0. The molecule has 3 N–H and O–H groups in total. The van der Waals surface area contributed by atoms with Crippen molar-refractivity contribution in [1.82, 2.24) is 0 Å². The van der Waals surface area contributed by atoms with E-state index in [1.807, 2.05) is 10.8 Å². The third-order valence-electron chi connectivity index (χ3n) is 4.10. The third kappa shape index (κ3) is 8.52. The van der Waals surface area contributed by atoms with E-state index in [4.69, 9.17) is 0 Å². The lowest BCUT2D eigenvalue weighted by Gasteiger charge is -2.19. The molecule has 0 amide bonds. The van der Waals surface area contributed by atoms with E-state index in [-0.39, 0.29) is 5.46 Å². The van der Waals surface area contributed by atoms with Crippen LogP contribution >= 0.6 is 0 Å². The first kappa shape index (κ1) is 19.1. The van der Waals surface area contributed by atoms with Gasteiger partial charge in [-0.1, -0.05) is 69.8 Å². The van der Waals surface area contributed by atoms with Crippen LogP contribution in [-0.4, -0.2) is 21.8 Å². The van der Waals surface area contributed by atoms with Crippen LogP contribution in [0, 0.1) is 0 Å². The minimum atomic E-state index is -3.39.